The van der Waals surface area contributed by atoms with Crippen LogP contribution in [0.15, 0.2) is 53.0 Å². The maximum absolute atomic E-state index is 11.7. The van der Waals surface area contributed by atoms with Gasteiger partial charge in [0.05, 0.1) is 10.6 Å². The number of anilines is 1. The van der Waals surface area contributed by atoms with Crippen molar-refractivity contribution >= 4 is 45.1 Å². The number of carbonyl (C=O) groups excluding carboxylic acids is 2. The van der Waals surface area contributed by atoms with Crippen molar-refractivity contribution < 1.29 is 14.3 Å². The lowest BCUT2D eigenvalue weighted by molar-refractivity contribution is -0.119. The van der Waals surface area contributed by atoms with Gasteiger partial charge in [-0.05, 0) is 46.3 Å². The van der Waals surface area contributed by atoms with Gasteiger partial charge in [-0.2, -0.15) is 0 Å². The minimum atomic E-state index is -0.542. The highest BCUT2D eigenvalue weighted by atomic mass is 79.9. The molecule has 2 rings (SSSR count). The summed E-state index contributed by atoms with van der Waals surface area (Å²) in [5, 5.41) is 3.08. The van der Waals surface area contributed by atoms with Crippen molar-refractivity contribution in [3.8, 4) is 0 Å². The number of halogens is 2. The largest absolute Gasteiger partial charge is 0.452 e. The number of rotatable bonds is 4. The fourth-order valence-electron chi connectivity index (χ4n) is 1.56. The summed E-state index contributed by atoms with van der Waals surface area (Å²) in [6.07, 6.45) is 0. The normalized spacial score (nSPS) is 10.0. The smallest absolute Gasteiger partial charge is 0.338 e. The van der Waals surface area contributed by atoms with E-state index in [1.807, 2.05) is 0 Å². The minimum Gasteiger partial charge on any atom is -0.452 e. The van der Waals surface area contributed by atoms with Crippen LogP contribution >= 0.6 is 27.5 Å². The first kappa shape index (κ1) is 15.5. The molecule has 108 valence electrons. The second kappa shape index (κ2) is 7.24. The van der Waals surface area contributed by atoms with E-state index in [4.69, 9.17) is 16.3 Å². The lowest BCUT2D eigenvalue weighted by atomic mass is 10.2. The maximum atomic E-state index is 11.7. The van der Waals surface area contributed by atoms with E-state index in [9.17, 15) is 9.59 Å². The van der Waals surface area contributed by atoms with Gasteiger partial charge in [0.25, 0.3) is 5.91 Å². The highest BCUT2D eigenvalue weighted by Gasteiger charge is 2.10. The Bertz CT molecular complexity index is 661. The summed E-state index contributed by atoms with van der Waals surface area (Å²) in [6.45, 7) is -0.360. The van der Waals surface area contributed by atoms with E-state index < -0.39 is 11.9 Å². The molecule has 4 nitrogen and oxygen atoms in total. The molecule has 1 N–H and O–H groups in total. The highest BCUT2D eigenvalue weighted by Crippen LogP contribution is 2.25. The van der Waals surface area contributed by atoms with Gasteiger partial charge in [0, 0.05) is 10.2 Å². The number of carbonyl (C=O) groups is 2. The van der Waals surface area contributed by atoms with Crippen molar-refractivity contribution in [2.24, 2.45) is 0 Å². The highest BCUT2D eigenvalue weighted by molar-refractivity contribution is 9.10. The fraction of sp³-hybridized carbons (Fsp3) is 0.0667. The third kappa shape index (κ3) is 4.58. The molecule has 0 bridgehead atoms. The molecular formula is C15H11BrClNO3. The van der Waals surface area contributed by atoms with Crippen LogP contribution in [-0.2, 0) is 9.53 Å². The van der Waals surface area contributed by atoms with E-state index in [0.717, 1.165) is 4.47 Å². The molecule has 0 unspecified atom stereocenters. The van der Waals surface area contributed by atoms with Crippen LogP contribution in [0, 0.1) is 0 Å². The predicted molar refractivity (Wildman–Crippen MR) is 84.5 cm³/mol. The third-order valence-corrected chi connectivity index (χ3v) is 3.78. The molecular weight excluding hydrogens is 358 g/mol. The van der Waals surface area contributed by atoms with Gasteiger partial charge in [-0.3, -0.25) is 4.79 Å². The summed E-state index contributed by atoms with van der Waals surface area (Å²) >= 11 is 9.18. The Labute approximate surface area is 135 Å². The van der Waals surface area contributed by atoms with E-state index in [1.165, 1.54) is 0 Å². The zero-order valence-corrected chi connectivity index (χ0v) is 13.1. The quantitative estimate of drug-likeness (QED) is 0.833. The van der Waals surface area contributed by atoms with Crippen molar-refractivity contribution in [1.82, 2.24) is 0 Å². The molecule has 6 heteroatoms. The molecule has 21 heavy (non-hydrogen) atoms. The van der Waals surface area contributed by atoms with E-state index >= 15 is 0 Å². The van der Waals surface area contributed by atoms with Crippen LogP contribution < -0.4 is 5.32 Å². The van der Waals surface area contributed by atoms with Crippen molar-refractivity contribution in [3.05, 3.63) is 63.6 Å². The van der Waals surface area contributed by atoms with Crippen molar-refractivity contribution in [2.75, 3.05) is 11.9 Å². The minimum absolute atomic E-state index is 0.360. The number of hydrogen-bond donors (Lipinski definition) is 1. The number of amides is 1. The standard InChI is InChI=1S/C15H11BrClNO3/c16-12-7-6-11(8-13(12)17)18-14(19)9-21-15(20)10-4-2-1-3-5-10/h1-8H,9H2,(H,18,19). The first-order valence-electron chi connectivity index (χ1n) is 6.03. The number of ether oxygens (including phenoxy) is 1. The third-order valence-electron chi connectivity index (χ3n) is 2.55. The summed E-state index contributed by atoms with van der Waals surface area (Å²) < 4.78 is 5.66. The van der Waals surface area contributed by atoms with Gasteiger partial charge in [-0.25, -0.2) is 4.79 Å². The second-order valence-corrected chi connectivity index (χ2v) is 5.38. The lowest BCUT2D eigenvalue weighted by Gasteiger charge is -2.07. The zero-order valence-electron chi connectivity index (χ0n) is 10.8. The molecule has 0 aliphatic rings. The maximum Gasteiger partial charge on any atom is 0.338 e. The molecule has 0 atom stereocenters. The molecule has 0 spiro atoms. The van der Waals surface area contributed by atoms with E-state index in [0.29, 0.717) is 16.3 Å². The van der Waals surface area contributed by atoms with Gasteiger partial charge >= 0.3 is 5.97 Å². The van der Waals surface area contributed by atoms with Crippen LogP contribution in [0.25, 0.3) is 0 Å². The Morgan fingerprint density at radius 2 is 1.86 bits per heavy atom. The summed E-state index contributed by atoms with van der Waals surface area (Å²) in [5.41, 5.74) is 0.931. The van der Waals surface area contributed by atoms with Crippen molar-refractivity contribution in [3.63, 3.8) is 0 Å². The molecule has 0 saturated heterocycles. The molecule has 0 heterocycles. The van der Waals surface area contributed by atoms with E-state index in [-0.39, 0.29) is 6.61 Å². The molecule has 0 radical (unpaired) electrons. The Balaban J connectivity index is 1.87. The SMILES string of the molecule is O=C(COC(=O)c1ccccc1)Nc1ccc(Br)c(Cl)c1. The molecule has 1 amide bonds. The Morgan fingerprint density at radius 3 is 2.52 bits per heavy atom. The van der Waals surface area contributed by atoms with E-state index in [2.05, 4.69) is 21.2 Å². The number of benzene rings is 2. The predicted octanol–water partition coefficient (Wildman–Crippen LogP) is 3.90. The Kier molecular flexibility index (Phi) is 5.36. The molecule has 0 fully saturated rings. The average molecular weight is 369 g/mol. The number of nitrogens with one attached hydrogen (secondary N) is 1. The van der Waals surface area contributed by atoms with Crippen LogP contribution in [0.5, 0.6) is 0 Å². The van der Waals surface area contributed by atoms with Gasteiger partial charge in [-0.1, -0.05) is 29.8 Å². The van der Waals surface area contributed by atoms with Crippen LogP contribution in [0.1, 0.15) is 10.4 Å². The van der Waals surface area contributed by atoms with Crippen molar-refractivity contribution in [2.45, 2.75) is 0 Å². The van der Waals surface area contributed by atoms with Gasteiger partial charge in [0.1, 0.15) is 0 Å². The molecule has 0 saturated carbocycles. The molecule has 2 aromatic carbocycles. The number of esters is 1. The Morgan fingerprint density at radius 1 is 1.14 bits per heavy atom. The first-order valence-corrected chi connectivity index (χ1v) is 7.20. The van der Waals surface area contributed by atoms with Gasteiger partial charge in [0.2, 0.25) is 0 Å². The van der Waals surface area contributed by atoms with Crippen LogP contribution in [0.3, 0.4) is 0 Å². The first-order chi connectivity index (χ1) is 10.1. The monoisotopic (exact) mass is 367 g/mol. The molecule has 0 aliphatic heterocycles. The van der Waals surface area contributed by atoms with E-state index in [1.54, 1.807) is 48.5 Å². The average Bonchev–Trinajstić information content (AvgIpc) is 2.49. The lowest BCUT2D eigenvalue weighted by Crippen LogP contribution is -2.20. The van der Waals surface area contributed by atoms with Crippen molar-refractivity contribution in [1.29, 1.82) is 0 Å². The summed E-state index contributed by atoms with van der Waals surface area (Å²) in [6, 6.07) is 13.5. The molecule has 0 aliphatic carbocycles. The van der Waals surface area contributed by atoms with Gasteiger partial charge < -0.3 is 10.1 Å². The van der Waals surface area contributed by atoms with Gasteiger partial charge in [-0.15, -0.1) is 0 Å². The topological polar surface area (TPSA) is 55.4 Å². The number of hydrogen-bond acceptors (Lipinski definition) is 3. The second-order valence-electron chi connectivity index (χ2n) is 4.12. The van der Waals surface area contributed by atoms with Crippen LogP contribution in [0.2, 0.25) is 5.02 Å². The fourth-order valence-corrected chi connectivity index (χ4v) is 1.99. The summed E-state index contributed by atoms with van der Waals surface area (Å²) in [7, 11) is 0. The molecule has 2 aromatic rings. The summed E-state index contributed by atoms with van der Waals surface area (Å²) in [4.78, 5) is 23.4. The van der Waals surface area contributed by atoms with Crippen LogP contribution in [-0.4, -0.2) is 18.5 Å². The van der Waals surface area contributed by atoms with Gasteiger partial charge in [0.15, 0.2) is 6.61 Å². The van der Waals surface area contributed by atoms with Crippen LogP contribution in [0.4, 0.5) is 5.69 Å². The summed E-state index contributed by atoms with van der Waals surface area (Å²) in [5.74, 6) is -0.975. The molecule has 0 aromatic heterocycles. The Hall–Kier alpha value is -1.85. The zero-order chi connectivity index (χ0) is 15.2.